The summed E-state index contributed by atoms with van der Waals surface area (Å²) >= 11 is 0. The zero-order chi connectivity index (χ0) is 14.1. The van der Waals surface area contributed by atoms with Gasteiger partial charge in [-0.2, -0.15) is 0 Å². The van der Waals surface area contributed by atoms with Crippen LogP contribution in [-0.4, -0.2) is 13.2 Å². The fourth-order valence-electron chi connectivity index (χ4n) is 2.05. The minimum atomic E-state index is 0.306. The van der Waals surface area contributed by atoms with Gasteiger partial charge >= 0.3 is 0 Å². The van der Waals surface area contributed by atoms with Gasteiger partial charge in [0.2, 0.25) is 0 Å². The van der Waals surface area contributed by atoms with Crippen LogP contribution in [0, 0.1) is 0 Å². The van der Waals surface area contributed by atoms with E-state index in [-0.39, 0.29) is 0 Å². The summed E-state index contributed by atoms with van der Waals surface area (Å²) in [5.41, 5.74) is 7.63. The summed E-state index contributed by atoms with van der Waals surface area (Å²) in [6, 6.07) is 5.81. The molecule has 0 aliphatic carbocycles. The van der Waals surface area contributed by atoms with Gasteiger partial charge in [-0.05, 0) is 31.0 Å². The molecule has 3 nitrogen and oxygen atoms in total. The second kappa shape index (κ2) is 8.81. The van der Waals surface area contributed by atoms with Crippen LogP contribution >= 0.6 is 0 Å². The lowest BCUT2D eigenvalue weighted by Crippen LogP contribution is -2.08. The number of nitrogen functional groups attached to an aromatic ring is 1. The maximum absolute atomic E-state index is 5.87. The third-order valence-corrected chi connectivity index (χ3v) is 3.29. The molecule has 0 bridgehead atoms. The van der Waals surface area contributed by atoms with Crippen molar-refractivity contribution in [2.45, 2.75) is 58.7 Å². The number of ether oxygens (including phenoxy) is 2. The minimum absolute atomic E-state index is 0.306. The highest BCUT2D eigenvalue weighted by atomic mass is 16.5. The van der Waals surface area contributed by atoms with Crippen LogP contribution in [0.4, 0.5) is 5.69 Å². The summed E-state index contributed by atoms with van der Waals surface area (Å²) < 4.78 is 11.0. The zero-order valence-corrected chi connectivity index (χ0v) is 12.4. The molecule has 0 heterocycles. The van der Waals surface area contributed by atoms with Crippen molar-refractivity contribution in [1.82, 2.24) is 0 Å². The van der Waals surface area contributed by atoms with Crippen LogP contribution in [0.3, 0.4) is 0 Å². The molecule has 19 heavy (non-hydrogen) atoms. The summed E-state index contributed by atoms with van der Waals surface area (Å²) in [7, 11) is 1.63. The molecule has 1 unspecified atom stereocenters. The lowest BCUT2D eigenvalue weighted by Gasteiger charge is -2.14. The largest absolute Gasteiger partial charge is 0.495 e. The van der Waals surface area contributed by atoms with E-state index < -0.39 is 0 Å². The topological polar surface area (TPSA) is 44.5 Å². The van der Waals surface area contributed by atoms with Crippen molar-refractivity contribution in [3.05, 3.63) is 23.8 Å². The second-order valence-corrected chi connectivity index (χ2v) is 5.05. The van der Waals surface area contributed by atoms with Crippen molar-refractivity contribution < 1.29 is 9.47 Å². The number of nitrogens with two attached hydrogens (primary N) is 1. The first-order chi connectivity index (χ1) is 9.17. The van der Waals surface area contributed by atoms with Crippen LogP contribution in [0.2, 0.25) is 0 Å². The van der Waals surface area contributed by atoms with Crippen molar-refractivity contribution in [3.63, 3.8) is 0 Å². The Hall–Kier alpha value is -1.22. The normalized spacial score (nSPS) is 12.4. The lowest BCUT2D eigenvalue weighted by atomic mass is 10.1. The van der Waals surface area contributed by atoms with Crippen molar-refractivity contribution in [3.8, 4) is 5.75 Å². The molecular formula is C16H27NO2. The van der Waals surface area contributed by atoms with Crippen molar-refractivity contribution >= 4 is 5.69 Å². The molecule has 0 aromatic heterocycles. The summed E-state index contributed by atoms with van der Waals surface area (Å²) in [5.74, 6) is 0.719. The van der Waals surface area contributed by atoms with E-state index in [9.17, 15) is 0 Å². The number of anilines is 1. The maximum Gasteiger partial charge on any atom is 0.141 e. The van der Waals surface area contributed by atoms with Gasteiger partial charge in [0.25, 0.3) is 0 Å². The van der Waals surface area contributed by atoms with E-state index in [4.69, 9.17) is 15.2 Å². The Kier molecular flexibility index (Phi) is 7.34. The second-order valence-electron chi connectivity index (χ2n) is 5.05. The first-order valence-corrected chi connectivity index (χ1v) is 7.21. The van der Waals surface area contributed by atoms with Gasteiger partial charge in [0.15, 0.2) is 0 Å². The monoisotopic (exact) mass is 265 g/mol. The number of rotatable bonds is 9. The van der Waals surface area contributed by atoms with Gasteiger partial charge in [-0.1, -0.05) is 38.7 Å². The molecule has 2 N–H and O–H groups in total. The van der Waals surface area contributed by atoms with Crippen LogP contribution in [-0.2, 0) is 11.3 Å². The average molecular weight is 265 g/mol. The fourth-order valence-corrected chi connectivity index (χ4v) is 2.05. The molecule has 0 aliphatic rings. The predicted molar refractivity (Wildman–Crippen MR) is 80.4 cm³/mol. The molecule has 0 aliphatic heterocycles. The molecule has 0 saturated heterocycles. The number of benzene rings is 1. The van der Waals surface area contributed by atoms with Crippen molar-refractivity contribution in [1.29, 1.82) is 0 Å². The Morgan fingerprint density at radius 3 is 2.63 bits per heavy atom. The highest BCUT2D eigenvalue weighted by Gasteiger charge is 2.05. The van der Waals surface area contributed by atoms with Gasteiger partial charge in [0, 0.05) is 0 Å². The van der Waals surface area contributed by atoms with Gasteiger partial charge in [-0.15, -0.1) is 0 Å². The first-order valence-electron chi connectivity index (χ1n) is 7.21. The molecule has 0 radical (unpaired) electrons. The number of methoxy groups -OCH3 is 1. The molecular weight excluding hydrogens is 238 g/mol. The van der Waals surface area contributed by atoms with Gasteiger partial charge in [-0.25, -0.2) is 0 Å². The van der Waals surface area contributed by atoms with E-state index >= 15 is 0 Å². The minimum Gasteiger partial charge on any atom is -0.495 e. The van der Waals surface area contributed by atoms with E-state index in [1.165, 1.54) is 25.7 Å². The highest BCUT2D eigenvalue weighted by molar-refractivity contribution is 5.54. The first kappa shape index (κ1) is 15.8. The van der Waals surface area contributed by atoms with E-state index in [1.54, 1.807) is 7.11 Å². The Morgan fingerprint density at radius 1 is 1.21 bits per heavy atom. The standard InChI is InChI=1S/C16H27NO2/c1-4-5-6-7-8-13(2)19-12-14-9-10-16(18-3)15(17)11-14/h9-11,13H,4-8,12,17H2,1-3H3. The van der Waals surface area contributed by atoms with E-state index in [2.05, 4.69) is 13.8 Å². The molecule has 0 spiro atoms. The lowest BCUT2D eigenvalue weighted by molar-refractivity contribution is 0.0459. The van der Waals surface area contributed by atoms with Crippen molar-refractivity contribution in [2.24, 2.45) is 0 Å². The maximum atomic E-state index is 5.87. The Labute approximate surface area is 117 Å². The molecule has 1 aromatic carbocycles. The smallest absolute Gasteiger partial charge is 0.141 e. The van der Waals surface area contributed by atoms with Crippen molar-refractivity contribution in [2.75, 3.05) is 12.8 Å². The molecule has 1 aromatic rings. The van der Waals surface area contributed by atoms with E-state index in [0.29, 0.717) is 18.4 Å². The third-order valence-electron chi connectivity index (χ3n) is 3.29. The molecule has 0 fully saturated rings. The molecule has 0 amide bonds. The number of unbranched alkanes of at least 4 members (excludes halogenated alkanes) is 3. The summed E-state index contributed by atoms with van der Waals surface area (Å²) in [4.78, 5) is 0. The summed E-state index contributed by atoms with van der Waals surface area (Å²) in [5, 5.41) is 0. The molecule has 108 valence electrons. The summed E-state index contributed by atoms with van der Waals surface area (Å²) in [6.45, 7) is 4.98. The molecule has 0 saturated carbocycles. The molecule has 3 heteroatoms. The number of hydrogen-bond acceptors (Lipinski definition) is 3. The van der Waals surface area contributed by atoms with Crippen LogP contribution < -0.4 is 10.5 Å². The molecule has 1 atom stereocenters. The third kappa shape index (κ3) is 5.97. The van der Waals surface area contributed by atoms with Gasteiger partial charge in [0.05, 0.1) is 25.5 Å². The average Bonchev–Trinajstić information content (AvgIpc) is 2.41. The van der Waals surface area contributed by atoms with Crippen LogP contribution in [0.25, 0.3) is 0 Å². The quantitative estimate of drug-likeness (QED) is 0.539. The van der Waals surface area contributed by atoms with Crippen LogP contribution in [0.5, 0.6) is 5.75 Å². The fraction of sp³-hybridized carbons (Fsp3) is 0.625. The van der Waals surface area contributed by atoms with E-state index in [0.717, 1.165) is 17.7 Å². The molecule has 1 rings (SSSR count). The highest BCUT2D eigenvalue weighted by Crippen LogP contribution is 2.22. The zero-order valence-electron chi connectivity index (χ0n) is 12.4. The predicted octanol–water partition coefficient (Wildman–Crippen LogP) is 4.15. The number of hydrogen-bond donors (Lipinski definition) is 1. The Balaban J connectivity index is 2.29. The van der Waals surface area contributed by atoms with Crippen LogP contribution in [0.15, 0.2) is 18.2 Å². The Bertz CT molecular complexity index is 366. The Morgan fingerprint density at radius 2 is 2.00 bits per heavy atom. The van der Waals surface area contributed by atoms with Gasteiger partial charge in [0.1, 0.15) is 5.75 Å². The van der Waals surface area contributed by atoms with Crippen LogP contribution in [0.1, 0.15) is 51.5 Å². The summed E-state index contributed by atoms with van der Waals surface area (Å²) in [6.07, 6.45) is 6.59. The SMILES string of the molecule is CCCCCCC(C)OCc1ccc(OC)c(N)c1. The van der Waals surface area contributed by atoms with Gasteiger partial charge < -0.3 is 15.2 Å². The van der Waals surface area contributed by atoms with Gasteiger partial charge in [-0.3, -0.25) is 0 Å². The van der Waals surface area contributed by atoms with E-state index in [1.807, 2.05) is 18.2 Å².